The number of carbonyl (C=O) groups is 1. The Morgan fingerprint density at radius 3 is 2.13 bits per heavy atom. The molecule has 0 aliphatic carbocycles. The molecular formula is C13H24O2. The number of carbonyl (C=O) groups excluding carboxylic acids is 1. The average Bonchev–Trinajstić information content (AvgIpc) is 1.99. The molecule has 0 spiro atoms. The lowest BCUT2D eigenvalue weighted by Gasteiger charge is -2.39. The molecule has 0 radical (unpaired) electrons. The van der Waals surface area contributed by atoms with Gasteiger partial charge in [-0.25, -0.2) is 0 Å². The van der Waals surface area contributed by atoms with Crippen molar-refractivity contribution in [3.63, 3.8) is 0 Å². The largest absolute Gasteiger partial charge is 0.374 e. The van der Waals surface area contributed by atoms with Crippen LogP contribution >= 0.6 is 0 Å². The van der Waals surface area contributed by atoms with Crippen molar-refractivity contribution < 1.29 is 9.53 Å². The van der Waals surface area contributed by atoms with E-state index in [1.165, 1.54) is 0 Å². The fourth-order valence-electron chi connectivity index (χ4n) is 2.71. The fraction of sp³-hybridized carbons (Fsp3) is 0.923. The summed E-state index contributed by atoms with van der Waals surface area (Å²) in [5.74, 6) is 1.56. The van der Waals surface area contributed by atoms with Crippen LogP contribution in [0.5, 0.6) is 0 Å². The van der Waals surface area contributed by atoms with Crippen LogP contribution in [-0.4, -0.2) is 18.0 Å². The summed E-state index contributed by atoms with van der Waals surface area (Å²) in [5, 5.41) is 0. The number of Topliss-reactive ketones (excluding diaryl/α,β-unsaturated/α-hetero) is 1. The summed E-state index contributed by atoms with van der Waals surface area (Å²) in [7, 11) is 0. The van der Waals surface area contributed by atoms with Gasteiger partial charge in [0.05, 0.1) is 12.2 Å². The first kappa shape index (κ1) is 12.7. The van der Waals surface area contributed by atoms with Gasteiger partial charge in [-0.05, 0) is 24.7 Å². The van der Waals surface area contributed by atoms with Gasteiger partial charge in [0.1, 0.15) is 5.78 Å². The van der Waals surface area contributed by atoms with E-state index in [-0.39, 0.29) is 5.60 Å². The Balaban J connectivity index is 2.70. The van der Waals surface area contributed by atoms with E-state index in [2.05, 4.69) is 27.7 Å². The third kappa shape index (κ3) is 3.94. The maximum atomic E-state index is 11.6. The summed E-state index contributed by atoms with van der Waals surface area (Å²) in [5.41, 5.74) is -0.155. The molecule has 0 aromatic rings. The maximum Gasteiger partial charge on any atom is 0.138 e. The van der Waals surface area contributed by atoms with Crippen molar-refractivity contribution >= 4 is 5.78 Å². The lowest BCUT2D eigenvalue weighted by atomic mass is 9.79. The van der Waals surface area contributed by atoms with Gasteiger partial charge in [0.2, 0.25) is 0 Å². The van der Waals surface area contributed by atoms with E-state index in [4.69, 9.17) is 4.74 Å². The number of ether oxygens (including phenoxy) is 1. The highest BCUT2D eigenvalue weighted by Crippen LogP contribution is 2.35. The SMILES string of the molecule is CC(C)CC1(CC(C)C)CC(=O)CCO1. The normalized spacial score (nSPS) is 21.3. The van der Waals surface area contributed by atoms with Gasteiger partial charge in [-0.1, -0.05) is 27.7 Å². The molecule has 88 valence electrons. The van der Waals surface area contributed by atoms with Crippen molar-refractivity contribution in [3.8, 4) is 0 Å². The summed E-state index contributed by atoms with van der Waals surface area (Å²) in [6.07, 6.45) is 3.26. The van der Waals surface area contributed by atoms with Crippen LogP contribution in [0, 0.1) is 11.8 Å². The third-order valence-electron chi connectivity index (χ3n) is 2.87. The van der Waals surface area contributed by atoms with Crippen molar-refractivity contribution in [1.82, 2.24) is 0 Å². The second-order valence-corrected chi connectivity index (χ2v) is 5.69. The minimum atomic E-state index is -0.155. The molecule has 1 fully saturated rings. The van der Waals surface area contributed by atoms with Gasteiger partial charge >= 0.3 is 0 Å². The van der Waals surface area contributed by atoms with Crippen LogP contribution in [0.1, 0.15) is 53.4 Å². The van der Waals surface area contributed by atoms with E-state index >= 15 is 0 Å². The predicted molar refractivity (Wildman–Crippen MR) is 61.8 cm³/mol. The molecule has 1 heterocycles. The lowest BCUT2D eigenvalue weighted by molar-refractivity contribution is -0.145. The Labute approximate surface area is 93.4 Å². The van der Waals surface area contributed by atoms with E-state index < -0.39 is 0 Å². The molecular weight excluding hydrogens is 188 g/mol. The summed E-state index contributed by atoms with van der Waals surface area (Å²) >= 11 is 0. The molecule has 1 aliphatic heterocycles. The first-order valence-corrected chi connectivity index (χ1v) is 6.09. The molecule has 0 N–H and O–H groups in total. The van der Waals surface area contributed by atoms with Crippen molar-refractivity contribution in [2.45, 2.75) is 59.0 Å². The van der Waals surface area contributed by atoms with Gasteiger partial charge < -0.3 is 4.74 Å². The molecule has 0 bridgehead atoms. The van der Waals surface area contributed by atoms with E-state index in [0.29, 0.717) is 37.1 Å². The maximum absolute atomic E-state index is 11.6. The van der Waals surface area contributed by atoms with Crippen molar-refractivity contribution in [2.24, 2.45) is 11.8 Å². The molecule has 0 aromatic carbocycles. The average molecular weight is 212 g/mol. The third-order valence-corrected chi connectivity index (χ3v) is 2.87. The summed E-state index contributed by atoms with van der Waals surface area (Å²) in [6.45, 7) is 9.42. The van der Waals surface area contributed by atoms with E-state index in [1.807, 2.05) is 0 Å². The fourth-order valence-corrected chi connectivity index (χ4v) is 2.71. The zero-order chi connectivity index (χ0) is 11.5. The second-order valence-electron chi connectivity index (χ2n) is 5.69. The van der Waals surface area contributed by atoms with Gasteiger partial charge in [-0.15, -0.1) is 0 Å². The van der Waals surface area contributed by atoms with Crippen molar-refractivity contribution in [3.05, 3.63) is 0 Å². The van der Waals surface area contributed by atoms with Crippen LogP contribution < -0.4 is 0 Å². The highest BCUT2D eigenvalue weighted by Gasteiger charge is 2.37. The topological polar surface area (TPSA) is 26.3 Å². The molecule has 0 aromatic heterocycles. The standard InChI is InChI=1S/C13H24O2/c1-10(2)7-13(8-11(3)4)9-12(14)5-6-15-13/h10-11H,5-9H2,1-4H3. The highest BCUT2D eigenvalue weighted by atomic mass is 16.5. The van der Waals surface area contributed by atoms with Gasteiger partial charge in [-0.2, -0.15) is 0 Å². The summed E-state index contributed by atoms with van der Waals surface area (Å²) in [4.78, 5) is 11.6. The molecule has 2 heteroatoms. The van der Waals surface area contributed by atoms with Gasteiger partial charge in [-0.3, -0.25) is 4.79 Å². The number of hydrogen-bond acceptors (Lipinski definition) is 2. The number of ketones is 1. The van der Waals surface area contributed by atoms with Crippen LogP contribution in [0.4, 0.5) is 0 Å². The Bertz CT molecular complexity index is 209. The number of hydrogen-bond donors (Lipinski definition) is 0. The second kappa shape index (κ2) is 5.11. The zero-order valence-corrected chi connectivity index (χ0v) is 10.5. The zero-order valence-electron chi connectivity index (χ0n) is 10.5. The van der Waals surface area contributed by atoms with Crippen LogP contribution in [0.3, 0.4) is 0 Å². The van der Waals surface area contributed by atoms with E-state index in [1.54, 1.807) is 0 Å². The molecule has 2 nitrogen and oxygen atoms in total. The molecule has 1 rings (SSSR count). The van der Waals surface area contributed by atoms with Crippen LogP contribution in [0.2, 0.25) is 0 Å². The summed E-state index contributed by atoms with van der Waals surface area (Å²) in [6, 6.07) is 0. The molecule has 0 saturated carbocycles. The van der Waals surface area contributed by atoms with E-state index in [9.17, 15) is 4.79 Å². The van der Waals surface area contributed by atoms with Crippen molar-refractivity contribution in [1.29, 1.82) is 0 Å². The number of rotatable bonds is 4. The van der Waals surface area contributed by atoms with Crippen LogP contribution in [-0.2, 0) is 9.53 Å². The molecule has 1 saturated heterocycles. The first-order valence-electron chi connectivity index (χ1n) is 6.09. The van der Waals surface area contributed by atoms with Gasteiger partial charge in [0.25, 0.3) is 0 Å². The quantitative estimate of drug-likeness (QED) is 0.715. The molecule has 0 amide bonds. The van der Waals surface area contributed by atoms with Crippen LogP contribution in [0.15, 0.2) is 0 Å². The van der Waals surface area contributed by atoms with Crippen molar-refractivity contribution in [2.75, 3.05) is 6.61 Å². The molecule has 0 atom stereocenters. The Kier molecular flexibility index (Phi) is 4.32. The molecule has 15 heavy (non-hydrogen) atoms. The van der Waals surface area contributed by atoms with Gasteiger partial charge in [0.15, 0.2) is 0 Å². The Morgan fingerprint density at radius 1 is 1.20 bits per heavy atom. The van der Waals surface area contributed by atoms with Crippen LogP contribution in [0.25, 0.3) is 0 Å². The first-order chi connectivity index (χ1) is 6.93. The smallest absolute Gasteiger partial charge is 0.138 e. The highest BCUT2D eigenvalue weighted by molar-refractivity contribution is 5.80. The minimum absolute atomic E-state index is 0.155. The monoisotopic (exact) mass is 212 g/mol. The lowest BCUT2D eigenvalue weighted by Crippen LogP contribution is -2.42. The van der Waals surface area contributed by atoms with Gasteiger partial charge in [0, 0.05) is 12.8 Å². The predicted octanol–water partition coefficient (Wildman–Crippen LogP) is 3.20. The molecule has 0 unspecified atom stereocenters. The Hall–Kier alpha value is -0.370. The Morgan fingerprint density at radius 2 is 1.73 bits per heavy atom. The molecule has 1 aliphatic rings. The summed E-state index contributed by atoms with van der Waals surface area (Å²) < 4.78 is 5.94. The minimum Gasteiger partial charge on any atom is -0.374 e. The van der Waals surface area contributed by atoms with E-state index in [0.717, 1.165) is 12.8 Å².